The third-order valence-corrected chi connectivity index (χ3v) is 5.62. The van der Waals surface area contributed by atoms with E-state index in [2.05, 4.69) is 30.3 Å². The first kappa shape index (κ1) is 18.8. The zero-order valence-corrected chi connectivity index (χ0v) is 16.3. The summed E-state index contributed by atoms with van der Waals surface area (Å²) in [6.45, 7) is 0. The third kappa shape index (κ3) is 4.31. The van der Waals surface area contributed by atoms with Gasteiger partial charge in [-0.05, 0) is 43.4 Å². The normalized spacial score (nSPS) is 11.3. The van der Waals surface area contributed by atoms with Gasteiger partial charge in [0.15, 0.2) is 0 Å². The van der Waals surface area contributed by atoms with Crippen LogP contribution in [-0.4, -0.2) is 30.4 Å². The standard InChI is InChI=1S/C20H18N6O2S/c1-21-29(27,28)16-7-4-6-15(11-16)24-19-12-20(23-13-22-19)26-18-10-9-14-5-2-3-8-17(14)25-18/h2-13,21H,1H3,(H2,22,23,24,25,26). The smallest absolute Gasteiger partial charge is 0.240 e. The largest absolute Gasteiger partial charge is 0.340 e. The van der Waals surface area contributed by atoms with Crippen LogP contribution in [0.1, 0.15) is 0 Å². The average Bonchev–Trinajstić information content (AvgIpc) is 2.74. The zero-order valence-electron chi connectivity index (χ0n) is 15.5. The molecule has 0 aliphatic carbocycles. The lowest BCUT2D eigenvalue weighted by Gasteiger charge is -2.10. The van der Waals surface area contributed by atoms with Crippen molar-refractivity contribution in [3.05, 3.63) is 73.1 Å². The number of aromatic nitrogens is 3. The lowest BCUT2D eigenvalue weighted by Crippen LogP contribution is -2.18. The molecule has 0 radical (unpaired) electrons. The molecule has 3 N–H and O–H groups in total. The molecule has 0 unspecified atom stereocenters. The molecule has 4 rings (SSSR count). The van der Waals surface area contributed by atoms with Crippen molar-refractivity contribution in [3.8, 4) is 0 Å². The number of para-hydroxylation sites is 1. The number of rotatable bonds is 6. The molecular formula is C20H18N6O2S. The molecular weight excluding hydrogens is 388 g/mol. The monoisotopic (exact) mass is 406 g/mol. The first-order chi connectivity index (χ1) is 14.0. The number of benzene rings is 2. The zero-order chi connectivity index (χ0) is 20.3. The Balaban J connectivity index is 1.55. The van der Waals surface area contributed by atoms with Gasteiger partial charge < -0.3 is 10.6 Å². The van der Waals surface area contributed by atoms with Crippen LogP contribution in [0, 0.1) is 0 Å². The molecule has 0 spiro atoms. The Kier molecular flexibility index (Phi) is 5.07. The molecule has 29 heavy (non-hydrogen) atoms. The van der Waals surface area contributed by atoms with Gasteiger partial charge in [0.2, 0.25) is 10.0 Å². The topological polar surface area (TPSA) is 109 Å². The van der Waals surface area contributed by atoms with Gasteiger partial charge in [0, 0.05) is 17.1 Å². The van der Waals surface area contributed by atoms with Crippen LogP contribution in [0.3, 0.4) is 0 Å². The minimum Gasteiger partial charge on any atom is -0.340 e. The van der Waals surface area contributed by atoms with Gasteiger partial charge in [0.05, 0.1) is 10.4 Å². The van der Waals surface area contributed by atoms with E-state index in [0.717, 1.165) is 10.9 Å². The SMILES string of the molecule is CNS(=O)(=O)c1cccc(Nc2cc(Nc3ccc4ccccc4n3)ncn2)c1. The number of sulfonamides is 1. The summed E-state index contributed by atoms with van der Waals surface area (Å²) in [5.41, 5.74) is 1.47. The van der Waals surface area contributed by atoms with E-state index in [9.17, 15) is 8.42 Å². The summed E-state index contributed by atoms with van der Waals surface area (Å²) in [6.07, 6.45) is 1.42. The van der Waals surface area contributed by atoms with Gasteiger partial charge in [-0.25, -0.2) is 28.1 Å². The van der Waals surface area contributed by atoms with Crippen molar-refractivity contribution in [2.45, 2.75) is 4.90 Å². The fourth-order valence-electron chi connectivity index (χ4n) is 2.77. The van der Waals surface area contributed by atoms with Crippen LogP contribution in [0.5, 0.6) is 0 Å². The Bertz CT molecular complexity index is 1280. The number of pyridine rings is 1. The summed E-state index contributed by atoms with van der Waals surface area (Å²) >= 11 is 0. The van der Waals surface area contributed by atoms with Crippen molar-refractivity contribution in [3.63, 3.8) is 0 Å². The van der Waals surface area contributed by atoms with Gasteiger partial charge in [-0.1, -0.05) is 24.3 Å². The van der Waals surface area contributed by atoms with Gasteiger partial charge in [-0.15, -0.1) is 0 Å². The Labute approximate surface area is 168 Å². The van der Waals surface area contributed by atoms with E-state index in [-0.39, 0.29) is 4.90 Å². The highest BCUT2D eigenvalue weighted by atomic mass is 32.2. The molecule has 146 valence electrons. The van der Waals surface area contributed by atoms with Crippen LogP contribution in [-0.2, 0) is 10.0 Å². The first-order valence-corrected chi connectivity index (χ1v) is 10.3. The molecule has 9 heteroatoms. The minimum atomic E-state index is -3.52. The van der Waals surface area contributed by atoms with E-state index < -0.39 is 10.0 Å². The summed E-state index contributed by atoms with van der Waals surface area (Å²) in [5, 5.41) is 7.31. The number of hydrogen-bond donors (Lipinski definition) is 3. The van der Waals surface area contributed by atoms with Crippen LogP contribution in [0.25, 0.3) is 10.9 Å². The molecule has 2 aromatic heterocycles. The second-order valence-corrected chi connectivity index (χ2v) is 8.05. The highest BCUT2D eigenvalue weighted by Gasteiger charge is 2.11. The van der Waals surface area contributed by atoms with Gasteiger partial charge >= 0.3 is 0 Å². The Morgan fingerprint density at radius 2 is 1.59 bits per heavy atom. The fraction of sp³-hybridized carbons (Fsp3) is 0.0500. The van der Waals surface area contributed by atoms with E-state index in [4.69, 9.17) is 0 Å². The Morgan fingerprint density at radius 1 is 0.793 bits per heavy atom. The molecule has 0 saturated carbocycles. The fourth-order valence-corrected chi connectivity index (χ4v) is 3.54. The molecule has 8 nitrogen and oxygen atoms in total. The van der Waals surface area contributed by atoms with Gasteiger partial charge in [0.25, 0.3) is 0 Å². The summed E-state index contributed by atoms with van der Waals surface area (Å²) < 4.78 is 26.2. The number of anilines is 4. The van der Waals surface area contributed by atoms with Gasteiger partial charge in [0.1, 0.15) is 23.8 Å². The number of fused-ring (bicyclic) bond motifs is 1. The molecule has 2 aromatic carbocycles. The highest BCUT2D eigenvalue weighted by molar-refractivity contribution is 7.89. The summed E-state index contributed by atoms with van der Waals surface area (Å²) in [4.78, 5) is 13.1. The van der Waals surface area contributed by atoms with Crippen molar-refractivity contribution in [2.75, 3.05) is 17.7 Å². The molecule has 4 aromatic rings. The lowest BCUT2D eigenvalue weighted by atomic mass is 10.2. The summed E-state index contributed by atoms with van der Waals surface area (Å²) in [5.74, 6) is 1.74. The van der Waals surface area contributed by atoms with Crippen molar-refractivity contribution in [2.24, 2.45) is 0 Å². The molecule has 0 aliphatic rings. The number of nitrogens with zero attached hydrogens (tertiary/aromatic N) is 3. The van der Waals surface area contributed by atoms with Crippen LogP contribution in [0.2, 0.25) is 0 Å². The maximum atomic E-state index is 12.0. The van der Waals surface area contributed by atoms with Crippen molar-refractivity contribution in [1.82, 2.24) is 19.7 Å². The predicted molar refractivity (Wildman–Crippen MR) is 113 cm³/mol. The van der Waals surface area contributed by atoms with E-state index in [1.165, 1.54) is 25.5 Å². The minimum absolute atomic E-state index is 0.165. The van der Waals surface area contributed by atoms with Crippen LogP contribution >= 0.6 is 0 Å². The first-order valence-electron chi connectivity index (χ1n) is 8.79. The maximum Gasteiger partial charge on any atom is 0.240 e. The third-order valence-electron chi connectivity index (χ3n) is 4.21. The van der Waals surface area contributed by atoms with E-state index >= 15 is 0 Å². The molecule has 0 bridgehead atoms. The molecule has 0 aliphatic heterocycles. The van der Waals surface area contributed by atoms with E-state index in [0.29, 0.717) is 23.1 Å². The highest BCUT2D eigenvalue weighted by Crippen LogP contribution is 2.22. The summed E-state index contributed by atoms with van der Waals surface area (Å²) in [6, 6.07) is 19.9. The Hall–Kier alpha value is -3.56. The van der Waals surface area contributed by atoms with Crippen LogP contribution < -0.4 is 15.4 Å². The Morgan fingerprint density at radius 3 is 2.41 bits per heavy atom. The second-order valence-electron chi connectivity index (χ2n) is 6.16. The quantitative estimate of drug-likeness (QED) is 0.450. The number of nitrogens with one attached hydrogen (secondary N) is 3. The molecule has 2 heterocycles. The van der Waals surface area contributed by atoms with Crippen LogP contribution in [0.4, 0.5) is 23.1 Å². The van der Waals surface area contributed by atoms with Gasteiger partial charge in [-0.2, -0.15) is 0 Å². The molecule has 0 atom stereocenters. The predicted octanol–water partition coefficient (Wildman–Crippen LogP) is 3.42. The van der Waals surface area contributed by atoms with Crippen LogP contribution in [0.15, 0.2) is 78.0 Å². The van der Waals surface area contributed by atoms with Crippen molar-refractivity contribution >= 4 is 44.1 Å². The number of hydrogen-bond acceptors (Lipinski definition) is 7. The molecule has 0 fully saturated rings. The molecule has 0 amide bonds. The van der Waals surface area contributed by atoms with Crippen molar-refractivity contribution < 1.29 is 8.42 Å². The summed E-state index contributed by atoms with van der Waals surface area (Å²) in [7, 11) is -2.15. The van der Waals surface area contributed by atoms with Crippen molar-refractivity contribution in [1.29, 1.82) is 0 Å². The van der Waals surface area contributed by atoms with E-state index in [1.54, 1.807) is 18.2 Å². The lowest BCUT2D eigenvalue weighted by molar-refractivity contribution is 0.588. The second kappa shape index (κ2) is 7.82. The van der Waals surface area contributed by atoms with Gasteiger partial charge in [-0.3, -0.25) is 0 Å². The van der Waals surface area contributed by atoms with E-state index in [1.807, 2.05) is 36.4 Å². The maximum absolute atomic E-state index is 12.0. The average molecular weight is 406 g/mol. The molecule has 0 saturated heterocycles.